The molecule has 6 nitrogen and oxygen atoms in total. The van der Waals surface area contributed by atoms with Crippen molar-refractivity contribution in [2.75, 3.05) is 26.2 Å². The minimum atomic E-state index is -0.680. The lowest BCUT2D eigenvalue weighted by Crippen LogP contribution is -2.88. The SMILES string of the molecule is C=CCN[C@H]1C23C[C@@]1(CCC2(C)CN)NCCN(C(=O)c1ccccc1)C3=O. The number of imide groups is 1. The van der Waals surface area contributed by atoms with Crippen LogP contribution in [0.4, 0.5) is 0 Å². The van der Waals surface area contributed by atoms with Crippen LogP contribution in [0.2, 0.25) is 0 Å². The Hall–Kier alpha value is -2.02. The fourth-order valence-corrected chi connectivity index (χ4v) is 5.81. The van der Waals surface area contributed by atoms with Gasteiger partial charge in [0.2, 0.25) is 5.91 Å². The summed E-state index contributed by atoms with van der Waals surface area (Å²) in [6.07, 6.45) is 4.40. The molecule has 5 aliphatic rings. The third kappa shape index (κ3) is 2.44. The second kappa shape index (κ2) is 6.79. The summed E-state index contributed by atoms with van der Waals surface area (Å²) in [7, 11) is 0. The zero-order valence-electron chi connectivity index (χ0n) is 16.5. The highest BCUT2D eigenvalue weighted by Crippen LogP contribution is 2.67. The summed E-state index contributed by atoms with van der Waals surface area (Å²) in [6, 6.07) is 8.99. The van der Waals surface area contributed by atoms with Crippen LogP contribution in [0, 0.1) is 10.8 Å². The van der Waals surface area contributed by atoms with Gasteiger partial charge < -0.3 is 16.4 Å². The van der Waals surface area contributed by atoms with Gasteiger partial charge in [0.05, 0.1) is 5.41 Å². The highest BCUT2D eigenvalue weighted by atomic mass is 16.2. The van der Waals surface area contributed by atoms with Gasteiger partial charge in [-0.3, -0.25) is 14.5 Å². The maximum Gasteiger partial charge on any atom is 0.260 e. The lowest BCUT2D eigenvalue weighted by molar-refractivity contribution is -0.205. The number of nitrogens with two attached hydrogens (primary N) is 1. The molecule has 2 amide bonds. The van der Waals surface area contributed by atoms with E-state index in [1.807, 2.05) is 24.3 Å². The van der Waals surface area contributed by atoms with Crippen LogP contribution in [0.3, 0.4) is 0 Å². The summed E-state index contributed by atoms with van der Waals surface area (Å²) >= 11 is 0. The fourth-order valence-electron chi connectivity index (χ4n) is 5.81. The summed E-state index contributed by atoms with van der Waals surface area (Å²) in [5.41, 5.74) is 5.64. The van der Waals surface area contributed by atoms with Crippen LogP contribution in [0.15, 0.2) is 43.0 Å². The molecule has 1 aromatic carbocycles. The molecule has 4 N–H and O–H groups in total. The molecule has 0 aromatic heterocycles. The Morgan fingerprint density at radius 2 is 2.14 bits per heavy atom. The van der Waals surface area contributed by atoms with E-state index in [0.29, 0.717) is 31.7 Å². The van der Waals surface area contributed by atoms with Gasteiger partial charge in [-0.2, -0.15) is 0 Å². The molecule has 28 heavy (non-hydrogen) atoms. The summed E-state index contributed by atoms with van der Waals surface area (Å²) in [6.45, 7) is 7.96. The van der Waals surface area contributed by atoms with Gasteiger partial charge in [-0.1, -0.05) is 31.2 Å². The first-order valence-corrected chi connectivity index (χ1v) is 10.1. The molecule has 5 fully saturated rings. The number of carbonyl (C=O) groups is 2. The molecule has 4 atom stereocenters. The predicted octanol–water partition coefficient (Wildman–Crippen LogP) is 1.29. The Morgan fingerprint density at radius 1 is 1.39 bits per heavy atom. The van der Waals surface area contributed by atoms with Crippen molar-refractivity contribution in [3.05, 3.63) is 48.6 Å². The molecule has 6 heteroatoms. The summed E-state index contributed by atoms with van der Waals surface area (Å²) < 4.78 is 0. The molecule has 2 saturated heterocycles. The van der Waals surface area contributed by atoms with Crippen LogP contribution in [-0.4, -0.2) is 54.5 Å². The number of nitrogens with one attached hydrogen (secondary N) is 2. The van der Waals surface area contributed by atoms with Crippen molar-refractivity contribution >= 4 is 11.8 Å². The Morgan fingerprint density at radius 3 is 2.82 bits per heavy atom. The van der Waals surface area contributed by atoms with Crippen LogP contribution in [0.5, 0.6) is 0 Å². The molecule has 0 spiro atoms. The number of rotatable bonds is 5. The summed E-state index contributed by atoms with van der Waals surface area (Å²) in [5.74, 6) is -0.304. The highest BCUT2D eigenvalue weighted by molar-refractivity contribution is 6.07. The van der Waals surface area contributed by atoms with Gasteiger partial charge in [0.15, 0.2) is 0 Å². The van der Waals surface area contributed by atoms with Gasteiger partial charge in [-0.25, -0.2) is 0 Å². The highest BCUT2D eigenvalue weighted by Gasteiger charge is 2.76. The van der Waals surface area contributed by atoms with Crippen molar-refractivity contribution in [3.63, 3.8) is 0 Å². The maximum absolute atomic E-state index is 14.0. The predicted molar refractivity (Wildman–Crippen MR) is 109 cm³/mol. The first-order chi connectivity index (χ1) is 13.4. The van der Waals surface area contributed by atoms with Crippen molar-refractivity contribution in [2.45, 2.75) is 37.8 Å². The van der Waals surface area contributed by atoms with E-state index in [1.165, 1.54) is 4.90 Å². The smallest absolute Gasteiger partial charge is 0.260 e. The minimum absolute atomic E-state index is 0.0563. The first kappa shape index (κ1) is 19.3. The average Bonchev–Trinajstić information content (AvgIpc) is 2.71. The van der Waals surface area contributed by atoms with E-state index in [1.54, 1.807) is 12.1 Å². The van der Waals surface area contributed by atoms with E-state index in [4.69, 9.17) is 5.73 Å². The number of fused-ring (bicyclic) bond motifs is 6. The van der Waals surface area contributed by atoms with E-state index < -0.39 is 5.41 Å². The monoisotopic (exact) mass is 382 g/mol. The Balaban J connectivity index is 1.76. The number of benzene rings is 1. The van der Waals surface area contributed by atoms with Gasteiger partial charge in [0.25, 0.3) is 5.91 Å². The number of hydrogen-bond donors (Lipinski definition) is 3. The van der Waals surface area contributed by atoms with E-state index in [9.17, 15) is 9.59 Å². The van der Waals surface area contributed by atoms with E-state index in [2.05, 4.69) is 24.1 Å². The standard InChI is InChI=1S/C22H30N4O2/c1-3-11-24-18-21-10-9-20(2,15-23)22(18,14-21)19(28)26(13-12-25-21)17(27)16-7-5-4-6-8-16/h3-8,18,24-25H,1,9-15,23H2,2H3/t18-,20?,21-,22?/m1/s1. The fraction of sp³-hybridized carbons (Fsp3) is 0.545. The lowest BCUT2D eigenvalue weighted by Gasteiger charge is -2.73. The minimum Gasteiger partial charge on any atom is -0.330 e. The van der Waals surface area contributed by atoms with Crippen LogP contribution in [-0.2, 0) is 4.79 Å². The Bertz CT molecular complexity index is 797. The van der Waals surface area contributed by atoms with Crippen LogP contribution < -0.4 is 16.4 Å². The Labute approximate surface area is 166 Å². The van der Waals surface area contributed by atoms with Crippen molar-refractivity contribution < 1.29 is 9.59 Å². The number of amides is 2. The number of hydrogen-bond acceptors (Lipinski definition) is 5. The molecule has 150 valence electrons. The lowest BCUT2D eigenvalue weighted by atomic mass is 9.36. The zero-order chi connectivity index (χ0) is 20.0. The molecule has 1 aromatic rings. The number of nitrogens with zero attached hydrogens (tertiary/aromatic N) is 1. The van der Waals surface area contributed by atoms with Crippen molar-refractivity contribution in [3.8, 4) is 0 Å². The topological polar surface area (TPSA) is 87.5 Å². The van der Waals surface area contributed by atoms with Crippen molar-refractivity contribution in [1.82, 2.24) is 15.5 Å². The zero-order valence-corrected chi connectivity index (χ0v) is 16.5. The maximum atomic E-state index is 14.0. The van der Waals surface area contributed by atoms with Crippen molar-refractivity contribution in [1.29, 1.82) is 0 Å². The van der Waals surface area contributed by atoms with Gasteiger partial charge in [0.1, 0.15) is 0 Å². The second-order valence-corrected chi connectivity index (χ2v) is 8.75. The molecular weight excluding hydrogens is 352 g/mol. The van der Waals surface area contributed by atoms with Gasteiger partial charge in [-0.05, 0) is 43.4 Å². The van der Waals surface area contributed by atoms with E-state index in [-0.39, 0.29) is 28.8 Å². The second-order valence-electron chi connectivity index (χ2n) is 8.75. The Kier molecular flexibility index (Phi) is 4.68. The molecule has 2 bridgehead atoms. The summed E-state index contributed by atoms with van der Waals surface area (Å²) in [4.78, 5) is 28.7. The summed E-state index contributed by atoms with van der Waals surface area (Å²) in [5, 5.41) is 7.23. The molecule has 6 rings (SSSR count). The molecule has 3 aliphatic carbocycles. The van der Waals surface area contributed by atoms with Crippen LogP contribution >= 0.6 is 0 Å². The molecule has 2 aliphatic heterocycles. The number of carbonyl (C=O) groups excluding carboxylic acids is 2. The van der Waals surface area contributed by atoms with Crippen LogP contribution in [0.1, 0.15) is 36.5 Å². The molecule has 2 heterocycles. The molecule has 3 saturated carbocycles. The molecule has 0 radical (unpaired) electrons. The first-order valence-electron chi connectivity index (χ1n) is 10.1. The largest absolute Gasteiger partial charge is 0.330 e. The van der Waals surface area contributed by atoms with E-state index in [0.717, 1.165) is 19.3 Å². The van der Waals surface area contributed by atoms with Gasteiger partial charge in [0, 0.05) is 36.8 Å². The van der Waals surface area contributed by atoms with Gasteiger partial charge in [-0.15, -0.1) is 6.58 Å². The van der Waals surface area contributed by atoms with Gasteiger partial charge >= 0.3 is 0 Å². The average molecular weight is 383 g/mol. The third-order valence-corrected chi connectivity index (χ3v) is 7.46. The van der Waals surface area contributed by atoms with E-state index >= 15 is 0 Å². The normalized spacial score (nSPS) is 36.9. The molecule has 2 unspecified atom stereocenters. The quantitative estimate of drug-likeness (QED) is 0.528. The van der Waals surface area contributed by atoms with Crippen molar-refractivity contribution in [2.24, 2.45) is 16.6 Å². The third-order valence-electron chi connectivity index (χ3n) is 7.46. The van der Waals surface area contributed by atoms with Crippen LogP contribution in [0.25, 0.3) is 0 Å². The molecular formula is C22H30N4O2.